The van der Waals surface area contributed by atoms with Gasteiger partial charge in [0.25, 0.3) is 0 Å². The maximum Gasteiger partial charge on any atom is 0.408 e. The summed E-state index contributed by atoms with van der Waals surface area (Å²) in [6.07, 6.45) is -0.662. The van der Waals surface area contributed by atoms with Gasteiger partial charge in [-0.1, -0.05) is 60.7 Å². The molecular weight excluding hydrogens is 383 g/mol. The van der Waals surface area contributed by atoms with Gasteiger partial charge in [0.2, 0.25) is 5.91 Å². The average Bonchev–Trinajstić information content (AvgIpc) is 2.66. The first-order valence-electron chi connectivity index (χ1n) is 8.62. The Labute approximate surface area is 163 Å². The molecule has 0 aromatic heterocycles. The van der Waals surface area contributed by atoms with Gasteiger partial charge < -0.3 is 25.2 Å². The van der Waals surface area contributed by atoms with E-state index in [9.17, 15) is 23.9 Å². The van der Waals surface area contributed by atoms with E-state index in [-0.39, 0.29) is 13.0 Å². The van der Waals surface area contributed by atoms with Gasteiger partial charge >= 0.3 is 13.7 Å². The van der Waals surface area contributed by atoms with Crippen LogP contribution in [0.2, 0.25) is 0 Å². The fourth-order valence-corrected chi connectivity index (χ4v) is 2.65. The summed E-state index contributed by atoms with van der Waals surface area (Å²) < 4.78 is 16.4. The molecule has 4 N–H and O–H groups in total. The van der Waals surface area contributed by atoms with Crippen molar-refractivity contribution in [2.24, 2.45) is 0 Å². The molecule has 0 bridgehead atoms. The molecule has 0 aliphatic carbocycles. The molecule has 0 fully saturated rings. The van der Waals surface area contributed by atoms with Crippen LogP contribution in [0.5, 0.6) is 0 Å². The predicted octanol–water partition coefficient (Wildman–Crippen LogP) is 2.16. The Hall–Kier alpha value is -2.67. The van der Waals surface area contributed by atoms with Crippen LogP contribution in [0.1, 0.15) is 18.1 Å². The highest BCUT2D eigenvalue weighted by molar-refractivity contribution is 7.52. The minimum Gasteiger partial charge on any atom is -0.445 e. The molecule has 0 aliphatic heterocycles. The topological polar surface area (TPSA) is 125 Å². The van der Waals surface area contributed by atoms with Crippen molar-refractivity contribution in [3.05, 3.63) is 71.8 Å². The first-order chi connectivity index (χ1) is 13.3. The third kappa shape index (κ3) is 7.15. The van der Waals surface area contributed by atoms with Crippen LogP contribution in [0.25, 0.3) is 0 Å². The summed E-state index contributed by atoms with van der Waals surface area (Å²) in [6.45, 7) is 1.23. The standard InChI is InChI=1S/C19H23N2O6P/c1-14(28(24,25)26)20-18(22)17(12-15-8-4-2-5-9-15)21-19(23)27-13-16-10-6-3-7-11-16/h2-11,14,17H,12-13H2,1H3,(H,20,22)(H,21,23)(H2,24,25,26). The highest BCUT2D eigenvalue weighted by Gasteiger charge is 2.29. The molecule has 9 heteroatoms. The van der Waals surface area contributed by atoms with E-state index in [1.165, 1.54) is 6.92 Å². The first-order valence-corrected chi connectivity index (χ1v) is 10.3. The van der Waals surface area contributed by atoms with Crippen molar-refractivity contribution in [3.63, 3.8) is 0 Å². The molecule has 0 spiro atoms. The van der Waals surface area contributed by atoms with Crippen molar-refractivity contribution < 1.29 is 28.7 Å². The molecule has 2 aromatic rings. The summed E-state index contributed by atoms with van der Waals surface area (Å²) in [4.78, 5) is 43.0. The van der Waals surface area contributed by atoms with Crippen LogP contribution >= 0.6 is 7.60 Å². The molecule has 8 nitrogen and oxygen atoms in total. The van der Waals surface area contributed by atoms with E-state index in [1.807, 2.05) is 24.3 Å². The van der Waals surface area contributed by atoms with Gasteiger partial charge in [0.15, 0.2) is 0 Å². The predicted molar refractivity (Wildman–Crippen MR) is 103 cm³/mol. The van der Waals surface area contributed by atoms with Gasteiger partial charge in [0, 0.05) is 6.42 Å². The Morgan fingerprint density at radius 3 is 2.04 bits per heavy atom. The zero-order valence-corrected chi connectivity index (χ0v) is 16.2. The molecule has 150 valence electrons. The van der Waals surface area contributed by atoms with Crippen LogP contribution in [-0.2, 0) is 27.1 Å². The van der Waals surface area contributed by atoms with Crippen LogP contribution < -0.4 is 10.6 Å². The number of carbonyl (C=O) groups is 2. The zero-order valence-electron chi connectivity index (χ0n) is 15.3. The fourth-order valence-electron chi connectivity index (χ4n) is 2.36. The molecule has 0 saturated heterocycles. The Balaban J connectivity index is 2.03. The number of benzene rings is 2. The lowest BCUT2D eigenvalue weighted by molar-refractivity contribution is -0.123. The molecule has 2 rings (SSSR count). The molecule has 0 aliphatic rings. The third-order valence-corrected chi connectivity index (χ3v) is 5.10. The number of rotatable bonds is 8. The van der Waals surface area contributed by atoms with Crippen LogP contribution in [0.4, 0.5) is 4.79 Å². The van der Waals surface area contributed by atoms with E-state index in [0.717, 1.165) is 11.1 Å². The highest BCUT2D eigenvalue weighted by Crippen LogP contribution is 2.39. The number of carbonyl (C=O) groups excluding carboxylic acids is 2. The molecule has 28 heavy (non-hydrogen) atoms. The van der Waals surface area contributed by atoms with E-state index in [0.29, 0.717) is 0 Å². The molecule has 2 aromatic carbocycles. The Kier molecular flexibility index (Phi) is 7.75. The van der Waals surface area contributed by atoms with E-state index in [1.54, 1.807) is 36.4 Å². The number of nitrogens with one attached hydrogen (secondary N) is 2. The summed E-state index contributed by atoms with van der Waals surface area (Å²) in [5.74, 6) is -2.09. The van der Waals surface area contributed by atoms with Crippen LogP contribution in [0, 0.1) is 0 Å². The monoisotopic (exact) mass is 406 g/mol. The van der Waals surface area contributed by atoms with Gasteiger partial charge in [-0.05, 0) is 18.1 Å². The van der Waals surface area contributed by atoms with Crippen LogP contribution in [0.3, 0.4) is 0 Å². The second kappa shape index (κ2) is 10.0. The van der Waals surface area contributed by atoms with E-state index < -0.39 is 31.4 Å². The van der Waals surface area contributed by atoms with Crippen molar-refractivity contribution in [1.29, 1.82) is 0 Å². The number of hydrogen-bond donors (Lipinski definition) is 4. The van der Waals surface area contributed by atoms with Gasteiger partial charge in [-0.25, -0.2) is 4.79 Å². The van der Waals surface area contributed by atoms with Gasteiger partial charge in [-0.2, -0.15) is 0 Å². The summed E-state index contributed by atoms with van der Waals surface area (Å²) >= 11 is 0. The lowest BCUT2D eigenvalue weighted by Crippen LogP contribution is -2.50. The molecule has 2 unspecified atom stereocenters. The summed E-state index contributed by atoms with van der Waals surface area (Å²) in [7, 11) is -4.50. The maximum atomic E-state index is 12.5. The molecule has 0 saturated carbocycles. The van der Waals surface area contributed by atoms with Crippen molar-refractivity contribution >= 4 is 19.6 Å². The normalized spacial score (nSPS) is 13.2. The van der Waals surface area contributed by atoms with E-state index in [4.69, 9.17) is 4.74 Å². The van der Waals surface area contributed by atoms with Crippen molar-refractivity contribution in [2.75, 3.05) is 0 Å². The van der Waals surface area contributed by atoms with E-state index >= 15 is 0 Å². The van der Waals surface area contributed by atoms with Gasteiger partial charge in [-0.15, -0.1) is 0 Å². The average molecular weight is 406 g/mol. The number of amides is 2. The minimum absolute atomic E-state index is 0.0330. The highest BCUT2D eigenvalue weighted by atomic mass is 31.2. The van der Waals surface area contributed by atoms with Gasteiger partial charge in [0.05, 0.1) is 0 Å². The molecule has 2 amide bonds. The first kappa shape index (κ1) is 21.6. The Bertz CT molecular complexity index is 825. The van der Waals surface area contributed by atoms with Gasteiger partial charge in [-0.3, -0.25) is 9.36 Å². The van der Waals surface area contributed by atoms with Crippen molar-refractivity contribution in [1.82, 2.24) is 10.6 Å². The van der Waals surface area contributed by atoms with E-state index in [2.05, 4.69) is 10.6 Å². The molecule has 0 radical (unpaired) electrons. The third-order valence-electron chi connectivity index (χ3n) is 3.96. The quantitative estimate of drug-likeness (QED) is 0.498. The maximum absolute atomic E-state index is 12.5. The van der Waals surface area contributed by atoms with Gasteiger partial charge in [0.1, 0.15) is 18.4 Å². The van der Waals surface area contributed by atoms with Crippen molar-refractivity contribution in [3.8, 4) is 0 Å². The summed E-state index contributed by atoms with van der Waals surface area (Å²) in [5.41, 5.74) is 1.56. The molecule has 2 atom stereocenters. The SMILES string of the molecule is CC(NC(=O)C(Cc1ccccc1)NC(=O)OCc1ccccc1)P(=O)(O)O. The molecule has 0 heterocycles. The number of ether oxygens (including phenoxy) is 1. The van der Waals surface area contributed by atoms with Crippen LogP contribution in [-0.4, -0.2) is 33.6 Å². The zero-order chi connectivity index (χ0) is 20.6. The van der Waals surface area contributed by atoms with Crippen LogP contribution in [0.15, 0.2) is 60.7 Å². The number of alkyl carbamates (subject to hydrolysis) is 1. The largest absolute Gasteiger partial charge is 0.445 e. The van der Waals surface area contributed by atoms with Crippen molar-refractivity contribution in [2.45, 2.75) is 31.8 Å². The Morgan fingerprint density at radius 1 is 0.964 bits per heavy atom. The lowest BCUT2D eigenvalue weighted by atomic mass is 10.1. The Morgan fingerprint density at radius 2 is 1.50 bits per heavy atom. The minimum atomic E-state index is -4.50. The fraction of sp³-hybridized carbons (Fsp3) is 0.263. The molecular formula is C19H23N2O6P. The summed E-state index contributed by atoms with van der Waals surface area (Å²) in [5, 5.41) is 4.71. The number of hydrogen-bond acceptors (Lipinski definition) is 4. The smallest absolute Gasteiger partial charge is 0.408 e. The lowest BCUT2D eigenvalue weighted by Gasteiger charge is -2.22. The second-order valence-electron chi connectivity index (χ2n) is 6.22. The second-order valence-corrected chi connectivity index (χ2v) is 8.17. The summed E-state index contributed by atoms with van der Waals surface area (Å²) in [6, 6.07) is 16.9.